The van der Waals surface area contributed by atoms with E-state index in [-0.39, 0.29) is 18.2 Å². The number of alkyl halides is 2. The molecule has 0 radical (unpaired) electrons. The number of pyridine rings is 1. The van der Waals surface area contributed by atoms with E-state index in [9.17, 15) is 8.78 Å². The minimum atomic E-state index is -2.83. The molecular formula is C10H14F2N2. The van der Waals surface area contributed by atoms with Gasteiger partial charge in [-0.2, -0.15) is 8.78 Å². The average Bonchev–Trinajstić information content (AvgIpc) is 2.16. The number of halogens is 2. The molecule has 2 nitrogen and oxygen atoms in total. The van der Waals surface area contributed by atoms with Crippen LogP contribution in [-0.4, -0.2) is 17.6 Å². The normalized spacial score (nSPS) is 12.1. The minimum Gasteiger partial charge on any atom is -0.309 e. The van der Waals surface area contributed by atoms with Crippen molar-refractivity contribution < 1.29 is 8.78 Å². The Morgan fingerprint density at radius 2 is 1.93 bits per heavy atom. The molecule has 0 saturated heterocycles. The Bertz CT molecular complexity index is 273. The molecule has 0 saturated carbocycles. The van der Waals surface area contributed by atoms with Gasteiger partial charge in [0.2, 0.25) is 0 Å². The van der Waals surface area contributed by atoms with Gasteiger partial charge in [0.25, 0.3) is 5.92 Å². The van der Waals surface area contributed by atoms with Crippen LogP contribution in [0.2, 0.25) is 0 Å². The molecule has 0 aromatic carbocycles. The van der Waals surface area contributed by atoms with Crippen LogP contribution in [0.15, 0.2) is 24.5 Å². The van der Waals surface area contributed by atoms with Crippen molar-refractivity contribution in [2.45, 2.75) is 25.8 Å². The van der Waals surface area contributed by atoms with Crippen molar-refractivity contribution in [2.75, 3.05) is 6.54 Å². The SMILES string of the molecule is CC(C)NCC(F)(F)c1ccncc1. The molecule has 1 N–H and O–H groups in total. The summed E-state index contributed by atoms with van der Waals surface area (Å²) in [4.78, 5) is 3.70. The maximum absolute atomic E-state index is 13.4. The van der Waals surface area contributed by atoms with Crippen LogP contribution in [-0.2, 0) is 5.92 Å². The Morgan fingerprint density at radius 1 is 1.36 bits per heavy atom. The molecule has 0 aliphatic heterocycles. The van der Waals surface area contributed by atoms with Crippen LogP contribution >= 0.6 is 0 Å². The van der Waals surface area contributed by atoms with Crippen molar-refractivity contribution in [3.63, 3.8) is 0 Å². The highest BCUT2D eigenvalue weighted by Crippen LogP contribution is 2.26. The molecule has 0 fully saturated rings. The van der Waals surface area contributed by atoms with Crippen LogP contribution in [0.5, 0.6) is 0 Å². The smallest absolute Gasteiger partial charge is 0.285 e. The molecule has 0 unspecified atom stereocenters. The molecule has 0 atom stereocenters. The van der Waals surface area contributed by atoms with E-state index in [4.69, 9.17) is 0 Å². The lowest BCUT2D eigenvalue weighted by Gasteiger charge is -2.18. The fourth-order valence-corrected chi connectivity index (χ4v) is 1.03. The number of hydrogen-bond acceptors (Lipinski definition) is 2. The van der Waals surface area contributed by atoms with E-state index in [0.717, 1.165) is 0 Å². The molecule has 0 amide bonds. The van der Waals surface area contributed by atoms with Crippen molar-refractivity contribution in [1.82, 2.24) is 10.3 Å². The predicted molar refractivity (Wildman–Crippen MR) is 51.3 cm³/mol. The molecule has 1 aromatic heterocycles. The Balaban J connectivity index is 2.66. The monoisotopic (exact) mass is 200 g/mol. The van der Waals surface area contributed by atoms with Crippen molar-refractivity contribution in [3.8, 4) is 0 Å². The lowest BCUT2D eigenvalue weighted by molar-refractivity contribution is -0.00491. The van der Waals surface area contributed by atoms with Crippen LogP contribution < -0.4 is 5.32 Å². The molecule has 1 heterocycles. The fraction of sp³-hybridized carbons (Fsp3) is 0.500. The second-order valence-corrected chi connectivity index (χ2v) is 3.48. The number of aromatic nitrogens is 1. The molecule has 1 rings (SSSR count). The fourth-order valence-electron chi connectivity index (χ4n) is 1.03. The predicted octanol–water partition coefficient (Wildman–Crippen LogP) is 2.17. The van der Waals surface area contributed by atoms with Gasteiger partial charge in [0.05, 0.1) is 6.54 Å². The van der Waals surface area contributed by atoms with Crippen LogP contribution in [0.4, 0.5) is 8.78 Å². The zero-order valence-corrected chi connectivity index (χ0v) is 8.30. The highest BCUT2D eigenvalue weighted by atomic mass is 19.3. The molecule has 1 aromatic rings. The largest absolute Gasteiger partial charge is 0.309 e. The van der Waals surface area contributed by atoms with Gasteiger partial charge in [0.1, 0.15) is 0 Å². The molecule has 0 bridgehead atoms. The standard InChI is InChI=1S/C10H14F2N2/c1-8(2)14-7-10(11,12)9-3-5-13-6-4-9/h3-6,8,14H,7H2,1-2H3. The van der Waals surface area contributed by atoms with Gasteiger partial charge in [0, 0.05) is 24.0 Å². The molecule has 0 aliphatic carbocycles. The first-order valence-electron chi connectivity index (χ1n) is 4.54. The number of nitrogens with zero attached hydrogens (tertiary/aromatic N) is 1. The summed E-state index contributed by atoms with van der Waals surface area (Å²) in [7, 11) is 0. The molecule has 14 heavy (non-hydrogen) atoms. The first-order valence-corrected chi connectivity index (χ1v) is 4.54. The van der Waals surface area contributed by atoms with Gasteiger partial charge in [-0.15, -0.1) is 0 Å². The van der Waals surface area contributed by atoms with Crippen molar-refractivity contribution in [3.05, 3.63) is 30.1 Å². The molecule has 4 heteroatoms. The van der Waals surface area contributed by atoms with Crippen LogP contribution in [0.25, 0.3) is 0 Å². The number of hydrogen-bond donors (Lipinski definition) is 1. The lowest BCUT2D eigenvalue weighted by atomic mass is 10.1. The van der Waals surface area contributed by atoms with Gasteiger partial charge < -0.3 is 5.32 Å². The lowest BCUT2D eigenvalue weighted by Crippen LogP contribution is -2.34. The Kier molecular flexibility index (Phi) is 3.52. The topological polar surface area (TPSA) is 24.9 Å². The zero-order valence-electron chi connectivity index (χ0n) is 8.30. The van der Waals surface area contributed by atoms with E-state index >= 15 is 0 Å². The maximum atomic E-state index is 13.4. The van der Waals surface area contributed by atoms with Crippen LogP contribution in [0, 0.1) is 0 Å². The maximum Gasteiger partial charge on any atom is 0.285 e. The second kappa shape index (κ2) is 4.46. The highest BCUT2D eigenvalue weighted by Gasteiger charge is 2.30. The Labute approximate surface area is 82.4 Å². The Hall–Kier alpha value is -1.03. The van der Waals surface area contributed by atoms with Gasteiger partial charge in [-0.25, -0.2) is 0 Å². The van der Waals surface area contributed by atoms with Gasteiger partial charge in [-0.05, 0) is 12.1 Å². The number of rotatable bonds is 4. The van der Waals surface area contributed by atoms with E-state index in [1.807, 2.05) is 13.8 Å². The van der Waals surface area contributed by atoms with Crippen molar-refractivity contribution >= 4 is 0 Å². The summed E-state index contributed by atoms with van der Waals surface area (Å²) in [5.74, 6) is -2.83. The first-order chi connectivity index (χ1) is 6.52. The zero-order chi connectivity index (χ0) is 10.6. The van der Waals surface area contributed by atoms with Crippen molar-refractivity contribution in [1.29, 1.82) is 0 Å². The van der Waals surface area contributed by atoms with Gasteiger partial charge in [0.15, 0.2) is 0 Å². The molecule has 0 spiro atoms. The summed E-state index contributed by atoms with van der Waals surface area (Å²) in [5.41, 5.74) is 0.000602. The number of nitrogens with one attached hydrogen (secondary N) is 1. The van der Waals surface area contributed by atoms with E-state index < -0.39 is 5.92 Å². The van der Waals surface area contributed by atoms with Gasteiger partial charge in [-0.3, -0.25) is 4.98 Å². The molecule has 78 valence electrons. The Morgan fingerprint density at radius 3 is 2.43 bits per heavy atom. The molecular weight excluding hydrogens is 186 g/mol. The van der Waals surface area contributed by atoms with Crippen LogP contribution in [0.1, 0.15) is 19.4 Å². The van der Waals surface area contributed by atoms with E-state index in [2.05, 4.69) is 10.3 Å². The molecule has 0 aliphatic rings. The van der Waals surface area contributed by atoms with E-state index in [1.54, 1.807) is 0 Å². The third kappa shape index (κ3) is 3.03. The summed E-state index contributed by atoms with van der Waals surface area (Å²) in [5, 5.41) is 2.71. The average molecular weight is 200 g/mol. The first kappa shape index (κ1) is 11.0. The summed E-state index contributed by atoms with van der Waals surface area (Å²) >= 11 is 0. The summed E-state index contributed by atoms with van der Waals surface area (Å²) in [6.07, 6.45) is 2.75. The minimum absolute atomic E-state index is 0.000602. The quantitative estimate of drug-likeness (QED) is 0.805. The van der Waals surface area contributed by atoms with E-state index in [1.165, 1.54) is 24.5 Å². The second-order valence-electron chi connectivity index (χ2n) is 3.48. The summed E-state index contributed by atoms with van der Waals surface area (Å²) in [6, 6.07) is 2.73. The van der Waals surface area contributed by atoms with Gasteiger partial charge >= 0.3 is 0 Å². The van der Waals surface area contributed by atoms with Crippen molar-refractivity contribution in [2.24, 2.45) is 0 Å². The van der Waals surface area contributed by atoms with Crippen LogP contribution in [0.3, 0.4) is 0 Å². The highest BCUT2D eigenvalue weighted by molar-refractivity contribution is 5.16. The summed E-state index contributed by atoms with van der Waals surface area (Å²) < 4.78 is 26.9. The third-order valence-electron chi connectivity index (χ3n) is 1.83. The summed E-state index contributed by atoms with van der Waals surface area (Å²) in [6.45, 7) is 3.33. The van der Waals surface area contributed by atoms with Gasteiger partial charge in [-0.1, -0.05) is 13.8 Å². The third-order valence-corrected chi connectivity index (χ3v) is 1.83. The van der Waals surface area contributed by atoms with E-state index in [0.29, 0.717) is 0 Å².